The van der Waals surface area contributed by atoms with Crippen molar-refractivity contribution in [1.82, 2.24) is 0 Å². The van der Waals surface area contributed by atoms with E-state index in [1.165, 1.54) is 11.1 Å². The van der Waals surface area contributed by atoms with Crippen LogP contribution in [-0.4, -0.2) is 20.3 Å². The standard InChI is InChI=1S/C17H18OS2/c18-20-13-7-12-19-17(20)16(14-8-3-1-4-9-14)15-10-5-2-6-11-15/h1-6,8-11,16-17H,7,12-13H2/t17-,20+/m0/s1. The van der Waals surface area contributed by atoms with Crippen molar-refractivity contribution in [3.8, 4) is 0 Å². The minimum atomic E-state index is -0.746. The van der Waals surface area contributed by atoms with Gasteiger partial charge in [0.2, 0.25) is 0 Å². The van der Waals surface area contributed by atoms with Crippen molar-refractivity contribution in [2.75, 3.05) is 11.5 Å². The zero-order valence-corrected chi connectivity index (χ0v) is 12.9. The molecule has 2 aromatic rings. The van der Waals surface area contributed by atoms with Crippen LogP contribution in [0.25, 0.3) is 0 Å². The van der Waals surface area contributed by atoms with Crippen LogP contribution in [0.1, 0.15) is 23.5 Å². The van der Waals surface area contributed by atoms with E-state index >= 15 is 0 Å². The molecule has 0 N–H and O–H groups in total. The van der Waals surface area contributed by atoms with Crippen LogP contribution in [-0.2, 0) is 10.8 Å². The van der Waals surface area contributed by atoms with E-state index < -0.39 is 10.8 Å². The molecule has 3 heteroatoms. The minimum Gasteiger partial charge on any atom is -0.258 e. The molecule has 0 saturated carbocycles. The molecular weight excluding hydrogens is 284 g/mol. The molecule has 1 saturated heterocycles. The van der Waals surface area contributed by atoms with Gasteiger partial charge in [0, 0.05) is 22.5 Å². The van der Waals surface area contributed by atoms with Gasteiger partial charge in [-0.1, -0.05) is 60.7 Å². The van der Waals surface area contributed by atoms with Crippen molar-refractivity contribution in [1.29, 1.82) is 0 Å². The molecule has 0 radical (unpaired) electrons. The molecule has 3 rings (SSSR count). The Balaban J connectivity index is 2.02. The average Bonchev–Trinajstić information content (AvgIpc) is 2.52. The quantitative estimate of drug-likeness (QED) is 0.851. The summed E-state index contributed by atoms with van der Waals surface area (Å²) in [7, 11) is -0.746. The molecule has 104 valence electrons. The van der Waals surface area contributed by atoms with E-state index in [0.717, 1.165) is 17.9 Å². The number of benzene rings is 2. The maximum atomic E-state index is 12.5. The summed E-state index contributed by atoms with van der Waals surface area (Å²) in [5, 5.41) is 0. The summed E-state index contributed by atoms with van der Waals surface area (Å²) < 4.78 is 12.6. The lowest BCUT2D eigenvalue weighted by Gasteiger charge is -2.30. The highest BCUT2D eigenvalue weighted by atomic mass is 32.2. The molecule has 1 heterocycles. The summed E-state index contributed by atoms with van der Waals surface area (Å²) in [5.74, 6) is 2.18. The summed E-state index contributed by atoms with van der Waals surface area (Å²) in [6.45, 7) is 0. The van der Waals surface area contributed by atoms with Crippen molar-refractivity contribution in [3.05, 3.63) is 71.8 Å². The monoisotopic (exact) mass is 302 g/mol. The molecule has 0 aliphatic carbocycles. The van der Waals surface area contributed by atoms with Crippen LogP contribution in [0.4, 0.5) is 0 Å². The van der Waals surface area contributed by atoms with E-state index in [9.17, 15) is 4.21 Å². The van der Waals surface area contributed by atoms with Crippen molar-refractivity contribution in [3.63, 3.8) is 0 Å². The molecule has 0 bridgehead atoms. The molecular formula is C17H18OS2. The third kappa shape index (κ3) is 2.99. The third-order valence-corrected chi connectivity index (χ3v) is 7.28. The molecule has 1 nitrogen and oxygen atoms in total. The summed E-state index contributed by atoms with van der Waals surface area (Å²) in [4.78, 5) is 0. The van der Waals surface area contributed by atoms with Gasteiger partial charge >= 0.3 is 0 Å². The minimum absolute atomic E-state index is 0.175. The summed E-state index contributed by atoms with van der Waals surface area (Å²) in [6.07, 6.45) is 1.07. The Hall–Kier alpha value is -1.06. The van der Waals surface area contributed by atoms with E-state index in [4.69, 9.17) is 0 Å². The largest absolute Gasteiger partial charge is 0.258 e. The number of rotatable bonds is 3. The van der Waals surface area contributed by atoms with Gasteiger partial charge in [-0.15, -0.1) is 11.8 Å². The van der Waals surface area contributed by atoms with E-state index in [1.54, 1.807) is 0 Å². The fraction of sp³-hybridized carbons (Fsp3) is 0.294. The van der Waals surface area contributed by atoms with E-state index in [2.05, 4.69) is 48.5 Å². The molecule has 2 aromatic carbocycles. The van der Waals surface area contributed by atoms with Crippen LogP contribution in [0, 0.1) is 0 Å². The van der Waals surface area contributed by atoms with Crippen LogP contribution >= 0.6 is 11.8 Å². The summed E-state index contributed by atoms with van der Waals surface area (Å²) >= 11 is 1.87. The summed E-state index contributed by atoms with van der Waals surface area (Å²) in [5.41, 5.74) is 2.54. The highest BCUT2D eigenvalue weighted by Crippen LogP contribution is 2.39. The predicted molar refractivity (Wildman–Crippen MR) is 88.6 cm³/mol. The van der Waals surface area contributed by atoms with Gasteiger partial charge in [-0.05, 0) is 23.3 Å². The Morgan fingerprint density at radius 1 is 0.950 bits per heavy atom. The van der Waals surface area contributed by atoms with Gasteiger partial charge in [-0.3, -0.25) is 4.21 Å². The SMILES string of the molecule is O=[S@@]1CCCS[C@@H]1C(c1ccccc1)c1ccccc1. The summed E-state index contributed by atoms with van der Waals surface area (Å²) in [6, 6.07) is 21.0. The first-order valence-electron chi connectivity index (χ1n) is 6.95. The zero-order chi connectivity index (χ0) is 13.8. The second kappa shape index (κ2) is 6.59. The van der Waals surface area contributed by atoms with Crippen molar-refractivity contribution < 1.29 is 4.21 Å². The van der Waals surface area contributed by atoms with E-state index in [-0.39, 0.29) is 10.5 Å². The number of thioether (sulfide) groups is 1. The van der Waals surface area contributed by atoms with Crippen LogP contribution < -0.4 is 0 Å². The molecule has 0 amide bonds. The van der Waals surface area contributed by atoms with Crippen molar-refractivity contribution in [2.24, 2.45) is 0 Å². The molecule has 2 atom stereocenters. The molecule has 1 aliphatic heterocycles. The van der Waals surface area contributed by atoms with Gasteiger partial charge in [0.05, 0.1) is 4.58 Å². The predicted octanol–water partition coefficient (Wildman–Crippen LogP) is 4.03. The first-order valence-corrected chi connectivity index (χ1v) is 9.38. The lowest BCUT2D eigenvalue weighted by molar-refractivity contribution is 0.673. The fourth-order valence-electron chi connectivity index (χ4n) is 2.67. The smallest absolute Gasteiger partial charge is 0.0910 e. The Labute approximate surface area is 127 Å². The average molecular weight is 302 g/mol. The van der Waals surface area contributed by atoms with Crippen LogP contribution in [0.5, 0.6) is 0 Å². The van der Waals surface area contributed by atoms with E-state index in [1.807, 2.05) is 23.9 Å². The topological polar surface area (TPSA) is 17.1 Å². The maximum Gasteiger partial charge on any atom is 0.0910 e. The molecule has 20 heavy (non-hydrogen) atoms. The fourth-order valence-corrected chi connectivity index (χ4v) is 6.36. The lowest BCUT2D eigenvalue weighted by atomic mass is 9.93. The molecule has 1 fully saturated rings. The van der Waals surface area contributed by atoms with Gasteiger partial charge in [0.1, 0.15) is 0 Å². The zero-order valence-electron chi connectivity index (χ0n) is 11.3. The highest BCUT2D eigenvalue weighted by Gasteiger charge is 2.32. The number of hydrogen-bond donors (Lipinski definition) is 0. The normalized spacial score (nSPS) is 22.9. The molecule has 1 aliphatic rings. The molecule has 0 spiro atoms. The van der Waals surface area contributed by atoms with E-state index in [0.29, 0.717) is 0 Å². The molecule has 0 aromatic heterocycles. The van der Waals surface area contributed by atoms with Crippen LogP contribution in [0.15, 0.2) is 60.7 Å². The molecule has 0 unspecified atom stereocenters. The van der Waals surface area contributed by atoms with Gasteiger partial charge in [0.15, 0.2) is 0 Å². The second-order valence-corrected chi connectivity index (χ2v) is 8.20. The highest BCUT2D eigenvalue weighted by molar-refractivity contribution is 8.11. The van der Waals surface area contributed by atoms with Crippen molar-refractivity contribution in [2.45, 2.75) is 16.9 Å². The lowest BCUT2D eigenvalue weighted by Crippen LogP contribution is -2.27. The van der Waals surface area contributed by atoms with Gasteiger partial charge < -0.3 is 0 Å². The Morgan fingerprint density at radius 3 is 2.00 bits per heavy atom. The first kappa shape index (κ1) is 13.9. The Kier molecular flexibility index (Phi) is 4.58. The second-order valence-electron chi connectivity index (χ2n) is 4.98. The van der Waals surface area contributed by atoms with Crippen LogP contribution in [0.2, 0.25) is 0 Å². The third-order valence-electron chi connectivity index (χ3n) is 3.62. The van der Waals surface area contributed by atoms with Gasteiger partial charge in [0.25, 0.3) is 0 Å². The maximum absolute atomic E-state index is 12.5. The Morgan fingerprint density at radius 2 is 1.50 bits per heavy atom. The Bertz CT molecular complexity index is 529. The van der Waals surface area contributed by atoms with Gasteiger partial charge in [-0.25, -0.2) is 0 Å². The first-order chi connectivity index (χ1) is 9.86. The van der Waals surface area contributed by atoms with Crippen molar-refractivity contribution >= 4 is 22.6 Å². The number of hydrogen-bond acceptors (Lipinski definition) is 2. The van der Waals surface area contributed by atoms with Gasteiger partial charge in [-0.2, -0.15) is 0 Å². The van der Waals surface area contributed by atoms with Crippen LogP contribution in [0.3, 0.4) is 0 Å².